The lowest BCUT2D eigenvalue weighted by Crippen LogP contribution is -2.46. The van der Waals surface area contributed by atoms with Crippen LogP contribution >= 0.6 is 0 Å². The van der Waals surface area contributed by atoms with Crippen molar-refractivity contribution in [2.45, 2.75) is 42.5 Å². The monoisotopic (exact) mass is 392 g/mol. The number of rotatable bonds is 4. The van der Waals surface area contributed by atoms with E-state index in [2.05, 4.69) is 5.32 Å². The molecule has 2 aromatic rings. The minimum absolute atomic E-state index is 0.110. The number of carboxylic acid groups (broad SMARTS) is 1. The number of nitrogens with two attached hydrogens (primary N) is 1. The molecule has 6 nitrogen and oxygen atoms in total. The van der Waals surface area contributed by atoms with Gasteiger partial charge in [0, 0.05) is 5.56 Å². The van der Waals surface area contributed by atoms with E-state index in [1.54, 1.807) is 18.2 Å². The summed E-state index contributed by atoms with van der Waals surface area (Å²) in [6.45, 7) is 0. The van der Waals surface area contributed by atoms with E-state index in [1.165, 1.54) is 24.3 Å². The van der Waals surface area contributed by atoms with Crippen LogP contribution in [0.15, 0.2) is 47.4 Å². The molecule has 0 unspecified atom stereocenters. The summed E-state index contributed by atoms with van der Waals surface area (Å²) >= 11 is 0. The minimum atomic E-state index is -3.92. The number of hydrogen-bond acceptors (Lipinski definition) is 3. The van der Waals surface area contributed by atoms with Crippen LogP contribution in [0.25, 0.3) is 11.1 Å². The first-order valence-corrected chi connectivity index (χ1v) is 10.2. The maximum Gasteiger partial charge on any atom is 0.405 e. The molecule has 1 fully saturated rings. The number of amides is 1. The van der Waals surface area contributed by atoms with Gasteiger partial charge >= 0.3 is 6.09 Å². The van der Waals surface area contributed by atoms with Crippen LogP contribution in [-0.4, -0.2) is 19.6 Å². The fourth-order valence-electron chi connectivity index (χ4n) is 3.73. The van der Waals surface area contributed by atoms with E-state index < -0.39 is 27.5 Å². The summed E-state index contributed by atoms with van der Waals surface area (Å²) in [5.74, 6) is -0.522. The predicted molar refractivity (Wildman–Crippen MR) is 99.1 cm³/mol. The minimum Gasteiger partial charge on any atom is -0.465 e. The summed E-state index contributed by atoms with van der Waals surface area (Å²) in [7, 11) is -3.92. The molecule has 4 N–H and O–H groups in total. The maximum absolute atomic E-state index is 14.5. The number of primary sulfonamides is 1. The number of carbonyl (C=O) groups is 1. The van der Waals surface area contributed by atoms with Crippen LogP contribution < -0.4 is 10.5 Å². The SMILES string of the molecule is NS(=O)(=O)c1cccc(-c2cc(C3(NC(=O)O)CCCCC3)ccc2F)c1. The van der Waals surface area contributed by atoms with Crippen molar-refractivity contribution in [3.8, 4) is 11.1 Å². The van der Waals surface area contributed by atoms with Gasteiger partial charge in [0.2, 0.25) is 10.0 Å². The molecule has 1 aliphatic carbocycles. The molecule has 0 atom stereocenters. The molecule has 8 heteroatoms. The fraction of sp³-hybridized carbons (Fsp3) is 0.316. The van der Waals surface area contributed by atoms with Gasteiger partial charge in [-0.1, -0.05) is 37.5 Å². The zero-order chi connectivity index (χ0) is 19.7. The standard InChI is InChI=1S/C19H21FN2O4S/c20-17-8-7-14(19(22-18(23)24)9-2-1-3-10-19)12-16(17)13-5-4-6-15(11-13)27(21,25)26/h4-8,11-12,22H,1-3,9-10H2,(H,23,24)(H2,21,25,26). The van der Waals surface area contributed by atoms with Gasteiger partial charge in [0.25, 0.3) is 0 Å². The molecule has 0 aliphatic heterocycles. The third kappa shape index (κ3) is 4.12. The average molecular weight is 392 g/mol. The zero-order valence-electron chi connectivity index (χ0n) is 14.6. The van der Waals surface area contributed by atoms with Crippen molar-refractivity contribution in [2.75, 3.05) is 0 Å². The molecule has 0 aromatic heterocycles. The molecule has 0 bridgehead atoms. The normalized spacial score (nSPS) is 16.7. The molecular weight excluding hydrogens is 371 g/mol. The van der Waals surface area contributed by atoms with Crippen molar-refractivity contribution in [3.05, 3.63) is 53.8 Å². The molecule has 0 saturated heterocycles. The summed E-state index contributed by atoms with van der Waals surface area (Å²) < 4.78 is 37.7. The van der Waals surface area contributed by atoms with E-state index in [-0.39, 0.29) is 10.5 Å². The second kappa shape index (κ2) is 7.28. The van der Waals surface area contributed by atoms with Crippen molar-refractivity contribution < 1.29 is 22.7 Å². The third-order valence-electron chi connectivity index (χ3n) is 5.05. The molecule has 2 aromatic carbocycles. The van der Waals surface area contributed by atoms with Gasteiger partial charge in [-0.05, 0) is 48.2 Å². The summed E-state index contributed by atoms with van der Waals surface area (Å²) in [6, 6.07) is 10.2. The molecule has 1 amide bonds. The lowest BCUT2D eigenvalue weighted by atomic mass is 9.76. The molecule has 144 valence electrons. The zero-order valence-corrected chi connectivity index (χ0v) is 15.4. The van der Waals surface area contributed by atoms with E-state index in [4.69, 9.17) is 5.14 Å². The van der Waals surface area contributed by atoms with E-state index in [0.29, 0.717) is 24.0 Å². The van der Waals surface area contributed by atoms with Crippen molar-refractivity contribution in [2.24, 2.45) is 5.14 Å². The van der Waals surface area contributed by atoms with E-state index >= 15 is 0 Å². The summed E-state index contributed by atoms with van der Waals surface area (Å²) in [5, 5.41) is 17.1. The van der Waals surface area contributed by atoms with Gasteiger partial charge in [0.1, 0.15) is 5.82 Å². The van der Waals surface area contributed by atoms with Crippen LogP contribution in [0.2, 0.25) is 0 Å². The van der Waals surface area contributed by atoms with Crippen LogP contribution in [0, 0.1) is 5.82 Å². The van der Waals surface area contributed by atoms with Gasteiger partial charge in [0.05, 0.1) is 10.4 Å². The van der Waals surface area contributed by atoms with Gasteiger partial charge < -0.3 is 10.4 Å². The smallest absolute Gasteiger partial charge is 0.405 e. The number of nitrogens with one attached hydrogen (secondary N) is 1. The average Bonchev–Trinajstić information content (AvgIpc) is 2.61. The first-order chi connectivity index (χ1) is 12.7. The highest BCUT2D eigenvalue weighted by molar-refractivity contribution is 7.89. The maximum atomic E-state index is 14.5. The largest absolute Gasteiger partial charge is 0.465 e. The topological polar surface area (TPSA) is 109 Å². The Balaban J connectivity index is 2.10. The molecule has 1 saturated carbocycles. The lowest BCUT2D eigenvalue weighted by Gasteiger charge is -2.38. The molecule has 3 rings (SSSR count). The Labute approximate surface area is 157 Å². The van der Waals surface area contributed by atoms with Gasteiger partial charge in [-0.3, -0.25) is 0 Å². The fourth-order valence-corrected chi connectivity index (χ4v) is 4.29. The van der Waals surface area contributed by atoms with Crippen LogP contribution in [-0.2, 0) is 15.6 Å². The van der Waals surface area contributed by atoms with Crippen molar-refractivity contribution in [3.63, 3.8) is 0 Å². The number of sulfonamides is 1. The predicted octanol–water partition coefficient (Wildman–Crippen LogP) is 3.57. The molecule has 27 heavy (non-hydrogen) atoms. The van der Waals surface area contributed by atoms with Crippen LogP contribution in [0.1, 0.15) is 37.7 Å². The first-order valence-electron chi connectivity index (χ1n) is 8.66. The highest BCUT2D eigenvalue weighted by Gasteiger charge is 2.36. The summed E-state index contributed by atoms with van der Waals surface area (Å²) in [6.07, 6.45) is 2.89. The van der Waals surface area contributed by atoms with Gasteiger partial charge in [-0.25, -0.2) is 22.7 Å². The summed E-state index contributed by atoms with van der Waals surface area (Å²) in [5.41, 5.74) is 0.462. The Morgan fingerprint density at radius 1 is 1.11 bits per heavy atom. The first kappa shape index (κ1) is 19.3. The van der Waals surface area contributed by atoms with E-state index in [1.807, 2.05) is 0 Å². The number of halogens is 1. The highest BCUT2D eigenvalue weighted by Crippen LogP contribution is 2.39. The Hall–Kier alpha value is -2.45. The van der Waals surface area contributed by atoms with Gasteiger partial charge in [0.15, 0.2) is 0 Å². The molecule has 0 radical (unpaired) electrons. The molecule has 1 aliphatic rings. The van der Waals surface area contributed by atoms with Crippen molar-refractivity contribution >= 4 is 16.1 Å². The third-order valence-corrected chi connectivity index (χ3v) is 5.96. The van der Waals surface area contributed by atoms with Gasteiger partial charge in [-0.2, -0.15) is 0 Å². The van der Waals surface area contributed by atoms with Crippen molar-refractivity contribution in [1.82, 2.24) is 5.32 Å². The molecule has 0 spiro atoms. The summed E-state index contributed by atoms with van der Waals surface area (Å²) in [4.78, 5) is 11.2. The lowest BCUT2D eigenvalue weighted by molar-refractivity contribution is 0.162. The number of hydrogen-bond donors (Lipinski definition) is 3. The van der Waals surface area contributed by atoms with E-state index in [9.17, 15) is 22.7 Å². The quantitative estimate of drug-likeness (QED) is 0.739. The molecular formula is C19H21FN2O4S. The molecule has 0 heterocycles. The van der Waals surface area contributed by atoms with Crippen molar-refractivity contribution in [1.29, 1.82) is 0 Å². The van der Waals surface area contributed by atoms with Crippen LogP contribution in [0.5, 0.6) is 0 Å². The number of benzene rings is 2. The van der Waals surface area contributed by atoms with Crippen LogP contribution in [0.4, 0.5) is 9.18 Å². The second-order valence-corrected chi connectivity index (χ2v) is 8.40. The Morgan fingerprint density at radius 2 is 1.81 bits per heavy atom. The Kier molecular flexibility index (Phi) is 5.21. The van der Waals surface area contributed by atoms with Crippen LogP contribution in [0.3, 0.4) is 0 Å². The van der Waals surface area contributed by atoms with Gasteiger partial charge in [-0.15, -0.1) is 0 Å². The Morgan fingerprint density at radius 3 is 2.44 bits per heavy atom. The van der Waals surface area contributed by atoms with E-state index in [0.717, 1.165) is 19.3 Å². The highest BCUT2D eigenvalue weighted by atomic mass is 32.2. The second-order valence-electron chi connectivity index (χ2n) is 6.84. The Bertz CT molecular complexity index is 969.